The fourth-order valence-corrected chi connectivity index (χ4v) is 1.43. The first-order valence-corrected chi connectivity index (χ1v) is 5.77. The number of rotatable bonds is 2. The molecular weight excluding hydrogens is 256 g/mol. The largest absolute Gasteiger partial charge is 0.478 e. The second kappa shape index (κ2) is 7.51. The molecule has 0 bridgehead atoms. The Labute approximate surface area is 116 Å². The third-order valence-corrected chi connectivity index (χ3v) is 2.37. The number of nitrogens with zero attached hydrogens (tertiary/aromatic N) is 1. The quantitative estimate of drug-likeness (QED) is 0.498. The van der Waals surface area contributed by atoms with Gasteiger partial charge in [-0.15, -0.1) is 0 Å². The second-order valence-electron chi connectivity index (χ2n) is 3.93. The van der Waals surface area contributed by atoms with Gasteiger partial charge in [0, 0.05) is 5.69 Å². The Morgan fingerprint density at radius 1 is 1.20 bits per heavy atom. The summed E-state index contributed by atoms with van der Waals surface area (Å²) in [7, 11) is 0. The number of hydrogen-bond donors (Lipinski definition) is 2. The molecule has 0 radical (unpaired) electrons. The van der Waals surface area contributed by atoms with Gasteiger partial charge in [0.05, 0.1) is 11.3 Å². The highest BCUT2D eigenvalue weighted by atomic mass is 16.4. The molecule has 5 nitrogen and oxygen atoms in total. The molecule has 0 spiro atoms. The summed E-state index contributed by atoms with van der Waals surface area (Å²) in [6, 6.07) is 13.8. The van der Waals surface area contributed by atoms with Crippen LogP contribution in [0.5, 0.6) is 0 Å². The molecule has 2 aromatic rings. The van der Waals surface area contributed by atoms with Crippen LogP contribution >= 0.6 is 0 Å². The number of carboxylic acid groups (broad SMARTS) is 1. The van der Waals surface area contributed by atoms with Gasteiger partial charge in [-0.25, -0.2) is 9.59 Å². The van der Waals surface area contributed by atoms with Crippen molar-refractivity contribution in [3.05, 3.63) is 59.7 Å². The predicted molar refractivity (Wildman–Crippen MR) is 76.8 cm³/mol. The molecule has 0 amide bonds. The van der Waals surface area contributed by atoms with Crippen molar-refractivity contribution in [2.45, 2.75) is 6.92 Å². The number of anilines is 1. The van der Waals surface area contributed by atoms with Crippen molar-refractivity contribution in [2.24, 2.45) is 4.99 Å². The Balaban J connectivity index is 0.000000204. The average Bonchev–Trinajstić information content (AvgIpc) is 2.40. The molecule has 0 atom stereocenters. The summed E-state index contributed by atoms with van der Waals surface area (Å²) in [5, 5.41) is 8.58. The molecule has 0 fully saturated rings. The minimum atomic E-state index is -0.984. The highest BCUT2D eigenvalue weighted by Crippen LogP contribution is 2.12. The van der Waals surface area contributed by atoms with Crippen LogP contribution in [-0.2, 0) is 4.79 Å². The molecule has 0 unspecified atom stereocenters. The Morgan fingerprint density at radius 3 is 2.35 bits per heavy atom. The maximum atomic E-state index is 10.5. The number of carboxylic acids is 1. The maximum absolute atomic E-state index is 10.5. The van der Waals surface area contributed by atoms with E-state index < -0.39 is 5.97 Å². The SMILES string of the molecule is Cc1ccc(C(=O)O)c(N)c1.O=C=Nc1ccccc1. The third kappa shape index (κ3) is 4.76. The minimum absolute atomic E-state index is 0.163. The van der Waals surface area contributed by atoms with Crippen molar-refractivity contribution in [2.75, 3.05) is 5.73 Å². The summed E-state index contributed by atoms with van der Waals surface area (Å²) in [4.78, 5) is 23.5. The number of aliphatic imine (C=N–C) groups is 1. The normalized spacial score (nSPS) is 8.85. The van der Waals surface area contributed by atoms with E-state index >= 15 is 0 Å². The van der Waals surface area contributed by atoms with E-state index in [2.05, 4.69) is 4.99 Å². The molecule has 2 rings (SSSR count). The highest BCUT2D eigenvalue weighted by Gasteiger charge is 2.05. The number of para-hydroxylation sites is 1. The van der Waals surface area contributed by atoms with Crippen LogP contribution in [0.3, 0.4) is 0 Å². The predicted octanol–water partition coefficient (Wildman–Crippen LogP) is 2.93. The number of carbonyl (C=O) groups is 1. The van der Waals surface area contributed by atoms with Gasteiger partial charge in [-0.3, -0.25) is 0 Å². The molecule has 2 aromatic carbocycles. The third-order valence-electron chi connectivity index (χ3n) is 2.37. The number of nitrogen functional groups attached to an aromatic ring is 1. The monoisotopic (exact) mass is 270 g/mol. The van der Waals surface area contributed by atoms with Crippen LogP contribution in [-0.4, -0.2) is 17.2 Å². The zero-order valence-corrected chi connectivity index (χ0v) is 10.9. The van der Waals surface area contributed by atoms with E-state index in [-0.39, 0.29) is 5.56 Å². The number of isocyanates is 1. The van der Waals surface area contributed by atoms with E-state index in [0.29, 0.717) is 11.4 Å². The molecule has 0 heterocycles. The molecular formula is C15H14N2O3. The summed E-state index contributed by atoms with van der Waals surface area (Å²) in [6.07, 6.45) is 1.46. The number of carbonyl (C=O) groups excluding carboxylic acids is 1. The van der Waals surface area contributed by atoms with Gasteiger partial charge in [-0.05, 0) is 36.8 Å². The molecule has 0 saturated carbocycles. The van der Waals surface area contributed by atoms with E-state index in [9.17, 15) is 9.59 Å². The number of nitrogens with two attached hydrogens (primary N) is 1. The van der Waals surface area contributed by atoms with Gasteiger partial charge < -0.3 is 10.8 Å². The van der Waals surface area contributed by atoms with Gasteiger partial charge in [0.2, 0.25) is 6.08 Å². The fraction of sp³-hybridized carbons (Fsp3) is 0.0667. The zero-order chi connectivity index (χ0) is 15.0. The van der Waals surface area contributed by atoms with Crippen molar-refractivity contribution < 1.29 is 14.7 Å². The van der Waals surface area contributed by atoms with Crippen LogP contribution < -0.4 is 5.73 Å². The van der Waals surface area contributed by atoms with Crippen LogP contribution in [0.1, 0.15) is 15.9 Å². The summed E-state index contributed by atoms with van der Waals surface area (Å²) >= 11 is 0. The second-order valence-corrected chi connectivity index (χ2v) is 3.93. The first-order valence-electron chi connectivity index (χ1n) is 5.77. The molecule has 0 aliphatic heterocycles. The van der Waals surface area contributed by atoms with Gasteiger partial charge >= 0.3 is 5.97 Å². The standard InChI is InChI=1S/C8H9NO2.C7H5NO/c1-5-2-3-6(8(10)11)7(9)4-5;9-6-8-7-4-2-1-3-5-7/h2-4H,9H2,1H3,(H,10,11);1-5H. The van der Waals surface area contributed by atoms with E-state index in [1.165, 1.54) is 12.1 Å². The molecule has 0 aromatic heterocycles. The molecule has 20 heavy (non-hydrogen) atoms. The lowest BCUT2D eigenvalue weighted by Gasteiger charge is -2.00. The van der Waals surface area contributed by atoms with Crippen LogP contribution in [0.25, 0.3) is 0 Å². The number of aryl methyl sites for hydroxylation is 1. The Hall–Kier alpha value is -2.91. The number of hydrogen-bond acceptors (Lipinski definition) is 4. The summed E-state index contributed by atoms with van der Waals surface area (Å²) in [5.41, 5.74) is 7.53. The van der Waals surface area contributed by atoms with Gasteiger partial charge in [-0.1, -0.05) is 24.3 Å². The Kier molecular flexibility index (Phi) is 5.69. The summed E-state index contributed by atoms with van der Waals surface area (Å²) in [5.74, 6) is -0.984. The molecule has 3 N–H and O–H groups in total. The number of benzene rings is 2. The van der Waals surface area contributed by atoms with E-state index in [0.717, 1.165) is 5.56 Å². The van der Waals surface area contributed by atoms with E-state index in [4.69, 9.17) is 10.8 Å². The number of aromatic carboxylic acids is 1. The topological polar surface area (TPSA) is 92.7 Å². The zero-order valence-electron chi connectivity index (χ0n) is 10.9. The van der Waals surface area contributed by atoms with Crippen LogP contribution in [0.4, 0.5) is 11.4 Å². The molecule has 5 heteroatoms. The van der Waals surface area contributed by atoms with Crippen molar-refractivity contribution in [1.82, 2.24) is 0 Å². The lowest BCUT2D eigenvalue weighted by Crippen LogP contribution is -2.01. The summed E-state index contributed by atoms with van der Waals surface area (Å²) in [6.45, 7) is 1.86. The molecule has 102 valence electrons. The lowest BCUT2D eigenvalue weighted by atomic mass is 10.1. The van der Waals surface area contributed by atoms with Crippen LogP contribution in [0.2, 0.25) is 0 Å². The van der Waals surface area contributed by atoms with Gasteiger partial charge in [0.1, 0.15) is 0 Å². The first-order chi connectivity index (χ1) is 9.54. The molecule has 0 saturated heterocycles. The van der Waals surface area contributed by atoms with Crippen molar-refractivity contribution >= 4 is 23.4 Å². The van der Waals surface area contributed by atoms with E-state index in [1.807, 2.05) is 25.1 Å². The van der Waals surface area contributed by atoms with Crippen molar-refractivity contribution in [3.8, 4) is 0 Å². The minimum Gasteiger partial charge on any atom is -0.478 e. The van der Waals surface area contributed by atoms with Crippen molar-refractivity contribution in [3.63, 3.8) is 0 Å². The van der Waals surface area contributed by atoms with Crippen LogP contribution in [0.15, 0.2) is 53.5 Å². The fourth-order valence-electron chi connectivity index (χ4n) is 1.43. The molecule has 0 aliphatic carbocycles. The Morgan fingerprint density at radius 2 is 1.85 bits per heavy atom. The van der Waals surface area contributed by atoms with Gasteiger partial charge in [0.25, 0.3) is 0 Å². The first kappa shape index (κ1) is 15.1. The molecule has 0 aliphatic rings. The average molecular weight is 270 g/mol. The van der Waals surface area contributed by atoms with Crippen molar-refractivity contribution in [1.29, 1.82) is 0 Å². The van der Waals surface area contributed by atoms with E-state index in [1.54, 1.807) is 24.3 Å². The Bertz CT molecular complexity index is 633. The maximum Gasteiger partial charge on any atom is 0.337 e. The smallest absolute Gasteiger partial charge is 0.337 e. The van der Waals surface area contributed by atoms with Gasteiger partial charge in [-0.2, -0.15) is 4.99 Å². The van der Waals surface area contributed by atoms with Gasteiger partial charge in [0.15, 0.2) is 0 Å². The highest BCUT2D eigenvalue weighted by molar-refractivity contribution is 5.93. The lowest BCUT2D eigenvalue weighted by molar-refractivity contribution is 0.0698. The summed E-state index contributed by atoms with van der Waals surface area (Å²) < 4.78 is 0. The van der Waals surface area contributed by atoms with Crippen LogP contribution in [0, 0.1) is 6.92 Å².